The first-order valence-electron chi connectivity index (χ1n) is 12.8. The maximum atomic E-state index is 11.9. The standard InChI is InChI=1S/C30H31N3O5S/c1-3-4-13-26-31-32-30(39-19-22-10-6-8-12-25(22)28(34)35)33(26)18-21-14-16-23(17-15-21)38-27(29(36)37)24-11-7-5-9-20(24)2/h5-12,14-17,27H,3-4,13,18-19H2,1-2H3,(H,34,35)(H,36,37). The second kappa shape index (κ2) is 13.1. The number of benzene rings is 3. The lowest BCUT2D eigenvalue weighted by Gasteiger charge is -2.18. The molecule has 8 nitrogen and oxygen atoms in total. The molecule has 9 heteroatoms. The van der Waals surface area contributed by atoms with Crippen LogP contribution in [-0.2, 0) is 23.5 Å². The van der Waals surface area contributed by atoms with Gasteiger partial charge >= 0.3 is 11.9 Å². The molecule has 0 fully saturated rings. The molecule has 0 aliphatic carbocycles. The predicted octanol–water partition coefficient (Wildman–Crippen LogP) is 6.17. The van der Waals surface area contributed by atoms with Gasteiger partial charge in [-0.05, 0) is 48.2 Å². The summed E-state index contributed by atoms with van der Waals surface area (Å²) in [6.45, 7) is 4.51. The summed E-state index contributed by atoms with van der Waals surface area (Å²) in [5.41, 5.74) is 3.46. The number of thioether (sulfide) groups is 1. The molecule has 4 aromatic rings. The molecule has 1 unspecified atom stereocenters. The highest BCUT2D eigenvalue weighted by molar-refractivity contribution is 7.98. The summed E-state index contributed by atoms with van der Waals surface area (Å²) in [5.74, 6) is -0.215. The molecule has 0 spiro atoms. The summed E-state index contributed by atoms with van der Waals surface area (Å²) >= 11 is 1.46. The second-order valence-corrected chi connectivity index (χ2v) is 10.1. The number of aliphatic carboxylic acids is 1. The van der Waals surface area contributed by atoms with Gasteiger partial charge in [0.25, 0.3) is 0 Å². The Morgan fingerprint density at radius 2 is 1.69 bits per heavy atom. The van der Waals surface area contributed by atoms with Gasteiger partial charge in [0, 0.05) is 17.7 Å². The van der Waals surface area contributed by atoms with Crippen molar-refractivity contribution in [1.82, 2.24) is 14.8 Å². The highest BCUT2D eigenvalue weighted by Gasteiger charge is 2.23. The first-order valence-corrected chi connectivity index (χ1v) is 13.8. The van der Waals surface area contributed by atoms with Crippen molar-refractivity contribution < 1.29 is 24.5 Å². The molecule has 0 aliphatic heterocycles. The van der Waals surface area contributed by atoms with E-state index in [0.29, 0.717) is 28.8 Å². The topological polar surface area (TPSA) is 115 Å². The van der Waals surface area contributed by atoms with E-state index < -0.39 is 18.0 Å². The zero-order chi connectivity index (χ0) is 27.8. The van der Waals surface area contributed by atoms with Crippen molar-refractivity contribution in [2.45, 2.75) is 56.7 Å². The van der Waals surface area contributed by atoms with Crippen molar-refractivity contribution in [3.63, 3.8) is 0 Å². The van der Waals surface area contributed by atoms with E-state index in [1.165, 1.54) is 11.8 Å². The number of hydrogen-bond donors (Lipinski definition) is 2. The zero-order valence-corrected chi connectivity index (χ0v) is 22.7. The van der Waals surface area contributed by atoms with Gasteiger partial charge in [0.05, 0.1) is 12.1 Å². The van der Waals surface area contributed by atoms with Crippen molar-refractivity contribution in [3.8, 4) is 5.75 Å². The third kappa shape index (κ3) is 7.06. The quantitative estimate of drug-likeness (QED) is 0.192. The normalized spacial score (nSPS) is 11.7. The Labute approximate surface area is 231 Å². The van der Waals surface area contributed by atoms with Crippen molar-refractivity contribution in [2.75, 3.05) is 0 Å². The smallest absolute Gasteiger partial charge is 0.349 e. The SMILES string of the molecule is CCCCc1nnc(SCc2ccccc2C(=O)O)n1Cc1ccc(OC(C(=O)O)c2ccccc2C)cc1. The van der Waals surface area contributed by atoms with Crippen molar-refractivity contribution in [2.24, 2.45) is 0 Å². The minimum atomic E-state index is -1.10. The minimum absolute atomic E-state index is 0.281. The van der Waals surface area contributed by atoms with E-state index in [2.05, 4.69) is 21.7 Å². The molecule has 3 aromatic carbocycles. The Kier molecular flexibility index (Phi) is 9.38. The van der Waals surface area contributed by atoms with Crippen LogP contribution in [-0.4, -0.2) is 36.9 Å². The van der Waals surface area contributed by atoms with Gasteiger partial charge in [-0.25, -0.2) is 9.59 Å². The fourth-order valence-electron chi connectivity index (χ4n) is 4.22. The van der Waals surface area contributed by atoms with Crippen LogP contribution in [0.25, 0.3) is 0 Å². The third-order valence-corrected chi connectivity index (χ3v) is 7.38. The minimum Gasteiger partial charge on any atom is -0.478 e. The van der Waals surface area contributed by atoms with Gasteiger partial charge in [0.2, 0.25) is 6.10 Å². The van der Waals surface area contributed by atoms with Crippen LogP contribution in [0.2, 0.25) is 0 Å². The number of rotatable bonds is 13. The average molecular weight is 546 g/mol. The van der Waals surface area contributed by atoms with Crippen LogP contribution in [0, 0.1) is 6.92 Å². The van der Waals surface area contributed by atoms with E-state index in [4.69, 9.17) is 4.74 Å². The molecule has 202 valence electrons. The van der Waals surface area contributed by atoms with E-state index >= 15 is 0 Å². The first-order chi connectivity index (χ1) is 18.9. The molecule has 39 heavy (non-hydrogen) atoms. The summed E-state index contributed by atoms with van der Waals surface area (Å²) in [5, 5.41) is 28.8. The number of carboxylic acid groups (broad SMARTS) is 2. The Hall–Kier alpha value is -4.11. The number of carbonyl (C=O) groups is 2. The maximum Gasteiger partial charge on any atom is 0.349 e. The molecular weight excluding hydrogens is 514 g/mol. The summed E-state index contributed by atoms with van der Waals surface area (Å²) in [7, 11) is 0. The van der Waals surface area contributed by atoms with Gasteiger partial charge in [-0.1, -0.05) is 79.7 Å². The van der Waals surface area contributed by atoms with Crippen LogP contribution in [0.1, 0.15) is 64.3 Å². The van der Waals surface area contributed by atoms with E-state index in [1.54, 1.807) is 36.4 Å². The number of nitrogens with zero attached hydrogens (tertiary/aromatic N) is 3. The summed E-state index contributed by atoms with van der Waals surface area (Å²) in [4.78, 5) is 23.5. The molecule has 0 amide bonds. The Bertz CT molecular complexity index is 1430. The van der Waals surface area contributed by atoms with Crippen LogP contribution in [0.15, 0.2) is 78.0 Å². The summed E-state index contributed by atoms with van der Waals surface area (Å²) in [6.07, 6.45) is 1.69. The molecule has 0 aliphatic rings. The van der Waals surface area contributed by atoms with Gasteiger partial charge in [0.15, 0.2) is 5.16 Å². The summed E-state index contributed by atoms with van der Waals surface area (Å²) < 4.78 is 7.93. The molecule has 1 aromatic heterocycles. The van der Waals surface area contributed by atoms with Crippen molar-refractivity contribution >= 4 is 23.7 Å². The Morgan fingerprint density at radius 1 is 0.974 bits per heavy atom. The molecular formula is C30H31N3O5S. The van der Waals surface area contributed by atoms with Crippen LogP contribution >= 0.6 is 11.8 Å². The maximum absolute atomic E-state index is 11.9. The number of aromatic carboxylic acids is 1. The van der Waals surface area contributed by atoms with Crippen LogP contribution in [0.5, 0.6) is 5.75 Å². The number of unbranched alkanes of at least 4 members (excludes halogenated alkanes) is 1. The van der Waals surface area contributed by atoms with Gasteiger partial charge in [-0.2, -0.15) is 0 Å². The largest absolute Gasteiger partial charge is 0.478 e. The summed E-state index contributed by atoms with van der Waals surface area (Å²) in [6, 6.07) is 21.6. The number of carboxylic acids is 2. The lowest BCUT2D eigenvalue weighted by molar-refractivity contribution is -0.145. The average Bonchev–Trinajstić information content (AvgIpc) is 3.31. The van der Waals surface area contributed by atoms with Gasteiger partial charge in [0.1, 0.15) is 11.6 Å². The third-order valence-electron chi connectivity index (χ3n) is 6.37. The van der Waals surface area contributed by atoms with Crippen LogP contribution < -0.4 is 4.74 Å². The molecule has 2 N–H and O–H groups in total. The molecule has 4 rings (SSSR count). The van der Waals surface area contributed by atoms with Gasteiger partial charge in [-0.15, -0.1) is 10.2 Å². The number of aryl methyl sites for hydroxylation is 2. The van der Waals surface area contributed by atoms with Crippen LogP contribution in [0.4, 0.5) is 0 Å². The van der Waals surface area contributed by atoms with Gasteiger partial charge in [-0.3, -0.25) is 0 Å². The van der Waals surface area contributed by atoms with E-state index in [9.17, 15) is 19.8 Å². The first kappa shape index (κ1) is 27.9. The lowest BCUT2D eigenvalue weighted by atomic mass is 10.0. The second-order valence-electron chi connectivity index (χ2n) is 9.18. The van der Waals surface area contributed by atoms with E-state index in [-0.39, 0.29) is 5.56 Å². The fraction of sp³-hybridized carbons (Fsp3) is 0.267. The molecule has 0 saturated carbocycles. The molecule has 0 bridgehead atoms. The monoisotopic (exact) mass is 545 g/mol. The number of hydrogen-bond acceptors (Lipinski definition) is 6. The molecule has 0 saturated heterocycles. The van der Waals surface area contributed by atoms with Crippen molar-refractivity contribution in [1.29, 1.82) is 0 Å². The lowest BCUT2D eigenvalue weighted by Crippen LogP contribution is -2.19. The Balaban J connectivity index is 1.52. The van der Waals surface area contributed by atoms with Crippen molar-refractivity contribution in [3.05, 3.63) is 106 Å². The molecule has 1 atom stereocenters. The molecule has 1 heterocycles. The zero-order valence-electron chi connectivity index (χ0n) is 21.9. The van der Waals surface area contributed by atoms with Gasteiger partial charge < -0.3 is 19.5 Å². The van der Waals surface area contributed by atoms with E-state index in [1.807, 2.05) is 43.3 Å². The number of aromatic nitrogens is 3. The Morgan fingerprint density at radius 3 is 2.38 bits per heavy atom. The predicted molar refractivity (Wildman–Crippen MR) is 149 cm³/mol. The number of ether oxygens (including phenoxy) is 1. The highest BCUT2D eigenvalue weighted by Crippen LogP contribution is 2.28. The molecule has 0 radical (unpaired) electrons. The van der Waals surface area contributed by atoms with E-state index in [0.717, 1.165) is 41.8 Å². The fourth-order valence-corrected chi connectivity index (χ4v) is 5.18. The van der Waals surface area contributed by atoms with Crippen LogP contribution in [0.3, 0.4) is 0 Å². The highest BCUT2D eigenvalue weighted by atomic mass is 32.2.